The summed E-state index contributed by atoms with van der Waals surface area (Å²) in [6.45, 7) is 4.00. The van der Waals surface area contributed by atoms with Crippen LogP contribution < -0.4 is 0 Å². The molecular weight excluding hydrogens is 246 g/mol. The number of rotatable bonds is 2. The molecule has 2 aromatic carbocycles. The smallest absolute Gasteiger partial charge is 0.194 e. The highest BCUT2D eigenvalue weighted by molar-refractivity contribution is 6.11. The van der Waals surface area contributed by atoms with Crippen molar-refractivity contribution in [2.75, 3.05) is 0 Å². The van der Waals surface area contributed by atoms with E-state index >= 15 is 0 Å². The Morgan fingerprint density at radius 2 is 1.80 bits per heavy atom. The van der Waals surface area contributed by atoms with Crippen molar-refractivity contribution in [2.24, 2.45) is 0 Å². The molecule has 0 amide bonds. The maximum absolute atomic E-state index is 12.6. The molecule has 1 heterocycles. The highest BCUT2D eigenvalue weighted by atomic mass is 16.1. The van der Waals surface area contributed by atoms with Crippen molar-refractivity contribution in [1.29, 1.82) is 0 Å². The predicted octanol–water partition coefficient (Wildman–Crippen LogP) is 4.08. The maximum Gasteiger partial charge on any atom is 0.194 e. The predicted molar refractivity (Wildman–Crippen MR) is 81.1 cm³/mol. The van der Waals surface area contributed by atoms with Crippen molar-refractivity contribution in [3.63, 3.8) is 0 Å². The SMILES string of the molecule is Cc1cccc(C(=O)c2cnc3ccccc3c2)c1C. The van der Waals surface area contributed by atoms with Gasteiger partial charge in [-0.15, -0.1) is 0 Å². The van der Waals surface area contributed by atoms with Gasteiger partial charge in [0.2, 0.25) is 0 Å². The molecule has 98 valence electrons. The van der Waals surface area contributed by atoms with Gasteiger partial charge in [-0.2, -0.15) is 0 Å². The molecule has 0 saturated carbocycles. The van der Waals surface area contributed by atoms with Gasteiger partial charge in [-0.1, -0.05) is 36.4 Å². The minimum Gasteiger partial charge on any atom is -0.289 e. The van der Waals surface area contributed by atoms with E-state index in [1.807, 2.05) is 62.4 Å². The second-order valence-corrected chi connectivity index (χ2v) is 4.99. The van der Waals surface area contributed by atoms with Gasteiger partial charge in [-0.05, 0) is 37.1 Å². The van der Waals surface area contributed by atoms with Gasteiger partial charge < -0.3 is 0 Å². The molecule has 2 nitrogen and oxygen atoms in total. The summed E-state index contributed by atoms with van der Waals surface area (Å²) in [5.41, 5.74) is 4.46. The van der Waals surface area contributed by atoms with Crippen LogP contribution in [0.2, 0.25) is 0 Å². The Morgan fingerprint density at radius 3 is 2.65 bits per heavy atom. The third-order valence-corrected chi connectivity index (χ3v) is 3.70. The van der Waals surface area contributed by atoms with E-state index in [4.69, 9.17) is 0 Å². The lowest BCUT2D eigenvalue weighted by atomic mass is 9.96. The largest absolute Gasteiger partial charge is 0.289 e. The summed E-state index contributed by atoms with van der Waals surface area (Å²) in [7, 11) is 0. The Balaban J connectivity index is 2.10. The molecule has 0 fully saturated rings. The van der Waals surface area contributed by atoms with E-state index in [1.54, 1.807) is 6.20 Å². The molecule has 1 aromatic heterocycles. The Labute approximate surface area is 118 Å². The first-order valence-corrected chi connectivity index (χ1v) is 6.62. The van der Waals surface area contributed by atoms with E-state index in [-0.39, 0.29) is 5.78 Å². The third kappa shape index (κ3) is 2.10. The van der Waals surface area contributed by atoms with E-state index in [1.165, 1.54) is 0 Å². The Morgan fingerprint density at radius 1 is 1.00 bits per heavy atom. The molecule has 0 spiro atoms. The molecule has 0 atom stereocenters. The monoisotopic (exact) mass is 261 g/mol. The zero-order chi connectivity index (χ0) is 14.1. The lowest BCUT2D eigenvalue weighted by Gasteiger charge is -2.08. The summed E-state index contributed by atoms with van der Waals surface area (Å²) in [6, 6.07) is 15.5. The van der Waals surface area contributed by atoms with Crippen LogP contribution in [-0.4, -0.2) is 10.8 Å². The number of carbonyl (C=O) groups is 1. The van der Waals surface area contributed by atoms with Gasteiger partial charge >= 0.3 is 0 Å². The lowest BCUT2D eigenvalue weighted by molar-refractivity contribution is 0.103. The van der Waals surface area contributed by atoms with Crippen molar-refractivity contribution in [2.45, 2.75) is 13.8 Å². The number of aromatic nitrogens is 1. The second-order valence-electron chi connectivity index (χ2n) is 4.99. The normalized spacial score (nSPS) is 10.7. The molecule has 0 aliphatic heterocycles. The average molecular weight is 261 g/mol. The second kappa shape index (κ2) is 4.89. The van der Waals surface area contributed by atoms with Crippen LogP contribution in [0, 0.1) is 13.8 Å². The van der Waals surface area contributed by atoms with E-state index < -0.39 is 0 Å². The quantitative estimate of drug-likeness (QED) is 0.650. The number of aryl methyl sites for hydroxylation is 1. The van der Waals surface area contributed by atoms with Crippen LogP contribution in [-0.2, 0) is 0 Å². The van der Waals surface area contributed by atoms with Crippen molar-refractivity contribution >= 4 is 16.7 Å². The van der Waals surface area contributed by atoms with Crippen molar-refractivity contribution in [3.05, 3.63) is 77.0 Å². The fourth-order valence-electron chi connectivity index (χ4n) is 2.35. The summed E-state index contributed by atoms with van der Waals surface area (Å²) in [6.07, 6.45) is 1.66. The zero-order valence-electron chi connectivity index (χ0n) is 11.6. The highest BCUT2D eigenvalue weighted by Crippen LogP contribution is 2.19. The van der Waals surface area contributed by atoms with Gasteiger partial charge in [-0.3, -0.25) is 9.78 Å². The van der Waals surface area contributed by atoms with E-state index in [0.717, 1.165) is 27.6 Å². The first kappa shape index (κ1) is 12.5. The number of pyridine rings is 1. The number of benzene rings is 2. The van der Waals surface area contributed by atoms with Crippen molar-refractivity contribution < 1.29 is 4.79 Å². The zero-order valence-corrected chi connectivity index (χ0v) is 11.6. The number of para-hydroxylation sites is 1. The van der Waals surface area contributed by atoms with Gasteiger partial charge in [0.25, 0.3) is 0 Å². The topological polar surface area (TPSA) is 30.0 Å². The van der Waals surface area contributed by atoms with E-state index in [9.17, 15) is 4.79 Å². The summed E-state index contributed by atoms with van der Waals surface area (Å²) in [4.78, 5) is 17.0. The number of nitrogens with zero attached hydrogens (tertiary/aromatic N) is 1. The van der Waals surface area contributed by atoms with Crippen molar-refractivity contribution in [1.82, 2.24) is 4.98 Å². The Bertz CT molecular complexity index is 805. The van der Waals surface area contributed by atoms with E-state index in [0.29, 0.717) is 5.56 Å². The number of hydrogen-bond donors (Lipinski definition) is 0. The van der Waals surface area contributed by atoms with Crippen LogP contribution in [0.3, 0.4) is 0 Å². The summed E-state index contributed by atoms with van der Waals surface area (Å²) >= 11 is 0. The fraction of sp³-hybridized carbons (Fsp3) is 0.111. The number of hydrogen-bond acceptors (Lipinski definition) is 2. The van der Waals surface area contributed by atoms with Crippen LogP contribution in [0.4, 0.5) is 0 Å². The van der Waals surface area contributed by atoms with Gasteiger partial charge in [-0.25, -0.2) is 0 Å². The molecule has 0 bridgehead atoms. The van der Waals surface area contributed by atoms with Gasteiger partial charge in [0.05, 0.1) is 5.52 Å². The van der Waals surface area contributed by atoms with Gasteiger partial charge in [0, 0.05) is 22.7 Å². The summed E-state index contributed by atoms with van der Waals surface area (Å²) < 4.78 is 0. The third-order valence-electron chi connectivity index (χ3n) is 3.70. The van der Waals surface area contributed by atoms with Crippen LogP contribution in [0.25, 0.3) is 10.9 Å². The van der Waals surface area contributed by atoms with Crippen LogP contribution in [0.15, 0.2) is 54.7 Å². The number of ketones is 1. The molecule has 0 N–H and O–H groups in total. The molecule has 3 aromatic rings. The lowest BCUT2D eigenvalue weighted by Crippen LogP contribution is -2.05. The van der Waals surface area contributed by atoms with Gasteiger partial charge in [0.1, 0.15) is 0 Å². The van der Waals surface area contributed by atoms with Gasteiger partial charge in [0.15, 0.2) is 5.78 Å². The molecule has 0 saturated heterocycles. The molecule has 2 heteroatoms. The average Bonchev–Trinajstić information content (AvgIpc) is 2.49. The first-order valence-electron chi connectivity index (χ1n) is 6.62. The van der Waals surface area contributed by atoms with Crippen molar-refractivity contribution in [3.8, 4) is 0 Å². The van der Waals surface area contributed by atoms with Crippen LogP contribution in [0.1, 0.15) is 27.0 Å². The molecule has 3 rings (SSSR count). The molecule has 0 unspecified atom stereocenters. The fourth-order valence-corrected chi connectivity index (χ4v) is 2.35. The Hall–Kier alpha value is -2.48. The minimum atomic E-state index is 0.0319. The Kier molecular flexibility index (Phi) is 3.07. The number of fused-ring (bicyclic) bond motifs is 1. The molecular formula is C18H15NO. The number of carbonyl (C=O) groups excluding carboxylic acids is 1. The summed E-state index contributed by atoms with van der Waals surface area (Å²) in [5.74, 6) is 0.0319. The molecule has 0 radical (unpaired) electrons. The van der Waals surface area contributed by atoms with Crippen LogP contribution >= 0.6 is 0 Å². The minimum absolute atomic E-state index is 0.0319. The standard InChI is InChI=1S/C18H15NO/c1-12-6-5-8-16(13(12)2)18(20)15-10-14-7-3-4-9-17(14)19-11-15/h3-11H,1-2H3. The highest BCUT2D eigenvalue weighted by Gasteiger charge is 2.13. The maximum atomic E-state index is 12.6. The molecule has 0 aliphatic carbocycles. The van der Waals surface area contributed by atoms with Crippen LogP contribution in [0.5, 0.6) is 0 Å². The molecule has 20 heavy (non-hydrogen) atoms. The first-order chi connectivity index (χ1) is 9.66. The van der Waals surface area contributed by atoms with E-state index in [2.05, 4.69) is 4.98 Å². The summed E-state index contributed by atoms with van der Waals surface area (Å²) in [5, 5.41) is 0.989. The molecule has 0 aliphatic rings.